The highest BCUT2D eigenvalue weighted by atomic mass is 16.5. The molecule has 1 aromatic heterocycles. The minimum Gasteiger partial charge on any atom is -0.497 e. The summed E-state index contributed by atoms with van der Waals surface area (Å²) in [4.78, 5) is 16.5. The normalized spacial score (nSPS) is 10.0. The van der Waals surface area contributed by atoms with E-state index in [1.54, 1.807) is 25.3 Å². The second-order valence-corrected chi connectivity index (χ2v) is 4.52. The summed E-state index contributed by atoms with van der Waals surface area (Å²) in [7, 11) is 1.59. The van der Waals surface area contributed by atoms with Crippen molar-refractivity contribution in [1.82, 2.24) is 4.98 Å². The number of nitrogens with one attached hydrogen (secondary N) is 2. The van der Waals surface area contributed by atoms with Gasteiger partial charge in [-0.15, -0.1) is 0 Å². The first-order valence-electron chi connectivity index (χ1n) is 6.89. The molecule has 0 aliphatic heterocycles. The van der Waals surface area contributed by atoms with Gasteiger partial charge in [0.05, 0.1) is 7.11 Å². The average molecular weight is 285 g/mol. The smallest absolute Gasteiger partial charge is 0.274 e. The highest BCUT2D eigenvalue weighted by Crippen LogP contribution is 2.17. The SMILES string of the molecule is CCCNc1cccc(C(=O)Nc2cccc(OC)c2)n1. The Labute approximate surface area is 124 Å². The summed E-state index contributed by atoms with van der Waals surface area (Å²) >= 11 is 0. The summed E-state index contributed by atoms with van der Waals surface area (Å²) in [6, 6.07) is 12.6. The lowest BCUT2D eigenvalue weighted by molar-refractivity contribution is 0.102. The van der Waals surface area contributed by atoms with Gasteiger partial charge in [-0.1, -0.05) is 19.1 Å². The van der Waals surface area contributed by atoms with Crippen LogP contribution in [0.5, 0.6) is 5.75 Å². The van der Waals surface area contributed by atoms with E-state index in [2.05, 4.69) is 22.5 Å². The highest BCUT2D eigenvalue weighted by molar-refractivity contribution is 6.03. The molecule has 2 rings (SSSR count). The summed E-state index contributed by atoms with van der Waals surface area (Å²) < 4.78 is 5.13. The van der Waals surface area contributed by atoms with Crippen LogP contribution in [0.4, 0.5) is 11.5 Å². The second-order valence-electron chi connectivity index (χ2n) is 4.52. The molecule has 0 bridgehead atoms. The van der Waals surface area contributed by atoms with Crippen LogP contribution in [0.1, 0.15) is 23.8 Å². The molecular weight excluding hydrogens is 266 g/mol. The monoisotopic (exact) mass is 285 g/mol. The number of hydrogen-bond donors (Lipinski definition) is 2. The van der Waals surface area contributed by atoms with E-state index < -0.39 is 0 Å². The number of carbonyl (C=O) groups excluding carboxylic acids is 1. The first-order valence-corrected chi connectivity index (χ1v) is 6.89. The Bertz CT molecular complexity index is 614. The van der Waals surface area contributed by atoms with Crippen molar-refractivity contribution in [3.8, 4) is 5.75 Å². The third kappa shape index (κ3) is 4.21. The van der Waals surface area contributed by atoms with Crippen LogP contribution >= 0.6 is 0 Å². The molecule has 0 saturated carbocycles. The number of benzene rings is 1. The summed E-state index contributed by atoms with van der Waals surface area (Å²) in [6.45, 7) is 2.90. The number of aromatic nitrogens is 1. The molecule has 2 N–H and O–H groups in total. The maximum Gasteiger partial charge on any atom is 0.274 e. The molecular formula is C16H19N3O2. The quantitative estimate of drug-likeness (QED) is 0.855. The molecule has 0 atom stereocenters. The topological polar surface area (TPSA) is 63.2 Å². The van der Waals surface area contributed by atoms with Crippen LogP contribution in [0.25, 0.3) is 0 Å². The van der Waals surface area contributed by atoms with E-state index in [9.17, 15) is 4.79 Å². The number of nitrogens with zero attached hydrogens (tertiary/aromatic N) is 1. The lowest BCUT2D eigenvalue weighted by Crippen LogP contribution is -2.14. The molecule has 5 nitrogen and oxygen atoms in total. The number of rotatable bonds is 6. The van der Waals surface area contributed by atoms with Crippen LogP contribution in [-0.2, 0) is 0 Å². The summed E-state index contributed by atoms with van der Waals surface area (Å²) in [5.41, 5.74) is 1.05. The summed E-state index contributed by atoms with van der Waals surface area (Å²) in [5.74, 6) is 1.15. The van der Waals surface area contributed by atoms with E-state index in [4.69, 9.17) is 4.74 Å². The largest absolute Gasteiger partial charge is 0.497 e. The molecule has 1 amide bonds. The van der Waals surface area contributed by atoms with Crippen molar-refractivity contribution in [3.63, 3.8) is 0 Å². The molecule has 2 aromatic rings. The average Bonchev–Trinajstić information content (AvgIpc) is 2.53. The van der Waals surface area contributed by atoms with Crippen molar-refractivity contribution >= 4 is 17.4 Å². The summed E-state index contributed by atoms with van der Waals surface area (Å²) in [6.07, 6.45) is 1.00. The van der Waals surface area contributed by atoms with E-state index >= 15 is 0 Å². The number of hydrogen-bond acceptors (Lipinski definition) is 4. The van der Waals surface area contributed by atoms with Gasteiger partial charge in [0, 0.05) is 18.3 Å². The maximum absolute atomic E-state index is 12.2. The predicted octanol–water partition coefficient (Wildman–Crippen LogP) is 3.16. The third-order valence-electron chi connectivity index (χ3n) is 2.87. The van der Waals surface area contributed by atoms with E-state index in [-0.39, 0.29) is 5.91 Å². The molecule has 1 aromatic carbocycles. The molecule has 0 saturated heterocycles. The van der Waals surface area contributed by atoms with Gasteiger partial charge < -0.3 is 15.4 Å². The van der Waals surface area contributed by atoms with E-state index in [0.29, 0.717) is 22.9 Å². The lowest BCUT2D eigenvalue weighted by atomic mass is 10.2. The molecule has 0 radical (unpaired) electrons. The summed E-state index contributed by atoms with van der Waals surface area (Å²) in [5, 5.41) is 5.97. The van der Waals surface area contributed by atoms with E-state index in [1.165, 1.54) is 0 Å². The molecule has 0 spiro atoms. The predicted molar refractivity (Wildman–Crippen MR) is 84.0 cm³/mol. The molecule has 0 unspecified atom stereocenters. The van der Waals surface area contributed by atoms with E-state index in [0.717, 1.165) is 13.0 Å². The van der Waals surface area contributed by atoms with E-state index in [1.807, 2.05) is 24.3 Å². The molecule has 5 heteroatoms. The minimum atomic E-state index is -0.247. The number of anilines is 2. The zero-order valence-electron chi connectivity index (χ0n) is 12.2. The van der Waals surface area contributed by atoms with Gasteiger partial charge in [-0.05, 0) is 30.7 Å². The van der Waals surface area contributed by atoms with Gasteiger partial charge in [-0.2, -0.15) is 0 Å². The van der Waals surface area contributed by atoms with Crippen LogP contribution in [0.3, 0.4) is 0 Å². The molecule has 1 heterocycles. The highest BCUT2D eigenvalue weighted by Gasteiger charge is 2.08. The zero-order chi connectivity index (χ0) is 15.1. The second kappa shape index (κ2) is 7.28. The van der Waals surface area contributed by atoms with Crippen LogP contribution in [0, 0.1) is 0 Å². The molecule has 0 aliphatic rings. The van der Waals surface area contributed by atoms with Crippen LogP contribution in [0.2, 0.25) is 0 Å². The number of pyridine rings is 1. The van der Waals surface area contributed by atoms with Gasteiger partial charge in [0.25, 0.3) is 5.91 Å². The number of amides is 1. The molecule has 110 valence electrons. The fourth-order valence-electron chi connectivity index (χ4n) is 1.81. The van der Waals surface area contributed by atoms with Crippen molar-refractivity contribution in [3.05, 3.63) is 48.2 Å². The van der Waals surface area contributed by atoms with Crippen molar-refractivity contribution < 1.29 is 9.53 Å². The molecule has 0 fully saturated rings. The fourth-order valence-corrected chi connectivity index (χ4v) is 1.81. The molecule has 0 aliphatic carbocycles. The third-order valence-corrected chi connectivity index (χ3v) is 2.87. The van der Waals surface area contributed by atoms with Crippen molar-refractivity contribution in [2.75, 3.05) is 24.3 Å². The Hall–Kier alpha value is -2.56. The Morgan fingerprint density at radius 1 is 1.24 bits per heavy atom. The van der Waals surface area contributed by atoms with Crippen molar-refractivity contribution in [2.24, 2.45) is 0 Å². The van der Waals surface area contributed by atoms with Gasteiger partial charge in [0.2, 0.25) is 0 Å². The maximum atomic E-state index is 12.2. The Balaban J connectivity index is 2.08. The van der Waals surface area contributed by atoms with Gasteiger partial charge in [-0.25, -0.2) is 4.98 Å². The Morgan fingerprint density at radius 3 is 2.81 bits per heavy atom. The Morgan fingerprint density at radius 2 is 2.05 bits per heavy atom. The van der Waals surface area contributed by atoms with Crippen LogP contribution in [-0.4, -0.2) is 24.5 Å². The first kappa shape index (κ1) is 14.8. The standard InChI is InChI=1S/C16H19N3O2/c1-3-10-17-15-9-5-8-14(19-15)16(20)18-12-6-4-7-13(11-12)21-2/h4-9,11H,3,10H2,1-2H3,(H,17,19)(H,18,20). The lowest BCUT2D eigenvalue weighted by Gasteiger charge is -2.08. The van der Waals surface area contributed by atoms with Crippen molar-refractivity contribution in [2.45, 2.75) is 13.3 Å². The zero-order valence-corrected chi connectivity index (χ0v) is 12.2. The van der Waals surface area contributed by atoms with Gasteiger partial charge in [0.15, 0.2) is 0 Å². The Kier molecular flexibility index (Phi) is 5.15. The van der Waals surface area contributed by atoms with Crippen LogP contribution < -0.4 is 15.4 Å². The number of carbonyl (C=O) groups is 1. The number of methoxy groups -OCH3 is 1. The van der Waals surface area contributed by atoms with Gasteiger partial charge >= 0.3 is 0 Å². The van der Waals surface area contributed by atoms with Gasteiger partial charge in [-0.3, -0.25) is 4.79 Å². The number of ether oxygens (including phenoxy) is 1. The molecule has 21 heavy (non-hydrogen) atoms. The first-order chi connectivity index (χ1) is 10.2. The minimum absolute atomic E-state index is 0.247. The van der Waals surface area contributed by atoms with Crippen LogP contribution in [0.15, 0.2) is 42.5 Å². The van der Waals surface area contributed by atoms with Crippen molar-refractivity contribution in [1.29, 1.82) is 0 Å². The fraction of sp³-hybridized carbons (Fsp3) is 0.250. The van der Waals surface area contributed by atoms with Gasteiger partial charge in [0.1, 0.15) is 17.3 Å².